The summed E-state index contributed by atoms with van der Waals surface area (Å²) in [6, 6.07) is 8.03. The summed E-state index contributed by atoms with van der Waals surface area (Å²) >= 11 is 0. The number of hydrogen-bond acceptors (Lipinski definition) is 3. The number of hydrogen-bond donors (Lipinski definition) is 2. The summed E-state index contributed by atoms with van der Waals surface area (Å²) in [6.45, 7) is 7.17. The lowest BCUT2D eigenvalue weighted by Gasteiger charge is -2.37. The topological polar surface area (TPSA) is 58.4 Å². The molecule has 1 aromatic rings. The van der Waals surface area contributed by atoms with Crippen LogP contribution in [0.15, 0.2) is 24.3 Å². The van der Waals surface area contributed by atoms with Crippen molar-refractivity contribution in [2.24, 2.45) is 5.73 Å². The van der Waals surface area contributed by atoms with Crippen molar-refractivity contribution in [1.82, 2.24) is 4.90 Å². The molecular formula is C17H27N3O. The minimum absolute atomic E-state index is 0.0317. The number of rotatable bonds is 7. The highest BCUT2D eigenvalue weighted by Gasteiger charge is 2.34. The van der Waals surface area contributed by atoms with E-state index in [-0.39, 0.29) is 11.4 Å². The van der Waals surface area contributed by atoms with E-state index in [2.05, 4.69) is 30.1 Å². The number of amides is 1. The molecule has 1 saturated carbocycles. The van der Waals surface area contributed by atoms with Gasteiger partial charge in [0.05, 0.1) is 0 Å². The second-order valence-electron chi connectivity index (χ2n) is 6.06. The van der Waals surface area contributed by atoms with E-state index in [4.69, 9.17) is 5.73 Å². The van der Waals surface area contributed by atoms with Gasteiger partial charge in [0.15, 0.2) is 0 Å². The van der Waals surface area contributed by atoms with Crippen molar-refractivity contribution in [3.63, 3.8) is 0 Å². The maximum Gasteiger partial charge on any atom is 0.226 e. The number of benzene rings is 1. The molecule has 0 spiro atoms. The SMILES string of the molecule is CCN(CC)Cc1ccccc1NC(=O)CC1(N)CCC1. The molecule has 3 N–H and O–H groups in total. The molecule has 0 atom stereocenters. The third-order valence-corrected chi connectivity index (χ3v) is 4.44. The van der Waals surface area contributed by atoms with Crippen LogP contribution in [0.4, 0.5) is 5.69 Å². The Labute approximate surface area is 127 Å². The molecule has 2 rings (SSSR count). The zero-order valence-electron chi connectivity index (χ0n) is 13.2. The summed E-state index contributed by atoms with van der Waals surface area (Å²) in [4.78, 5) is 14.5. The van der Waals surface area contributed by atoms with Crippen LogP contribution in [0.25, 0.3) is 0 Å². The van der Waals surface area contributed by atoms with Crippen molar-refractivity contribution in [2.45, 2.75) is 51.6 Å². The fourth-order valence-electron chi connectivity index (χ4n) is 2.79. The Bertz CT molecular complexity index is 479. The summed E-state index contributed by atoms with van der Waals surface area (Å²) in [5.74, 6) is 0.0317. The lowest BCUT2D eigenvalue weighted by Crippen LogP contribution is -2.49. The van der Waals surface area contributed by atoms with Crippen molar-refractivity contribution < 1.29 is 4.79 Å². The molecule has 0 bridgehead atoms. The first kappa shape index (κ1) is 16.0. The number of anilines is 1. The predicted molar refractivity (Wildman–Crippen MR) is 87.1 cm³/mol. The lowest BCUT2D eigenvalue weighted by molar-refractivity contribution is -0.118. The van der Waals surface area contributed by atoms with Crippen molar-refractivity contribution in [3.8, 4) is 0 Å². The van der Waals surface area contributed by atoms with Gasteiger partial charge < -0.3 is 11.1 Å². The quantitative estimate of drug-likeness (QED) is 0.811. The smallest absolute Gasteiger partial charge is 0.226 e. The number of carbonyl (C=O) groups is 1. The van der Waals surface area contributed by atoms with Crippen LogP contribution in [0.1, 0.15) is 45.1 Å². The predicted octanol–water partition coefficient (Wildman–Crippen LogP) is 2.74. The fourth-order valence-corrected chi connectivity index (χ4v) is 2.79. The van der Waals surface area contributed by atoms with Crippen LogP contribution < -0.4 is 11.1 Å². The number of nitrogens with two attached hydrogens (primary N) is 1. The van der Waals surface area contributed by atoms with Crippen LogP contribution >= 0.6 is 0 Å². The van der Waals surface area contributed by atoms with Gasteiger partial charge in [0.25, 0.3) is 0 Å². The summed E-state index contributed by atoms with van der Waals surface area (Å²) < 4.78 is 0. The Morgan fingerprint density at radius 1 is 1.29 bits per heavy atom. The molecule has 0 radical (unpaired) electrons. The first-order valence-electron chi connectivity index (χ1n) is 7.95. The van der Waals surface area contributed by atoms with E-state index in [1.807, 2.05) is 18.2 Å². The number of nitrogens with zero attached hydrogens (tertiary/aromatic N) is 1. The molecule has 4 nitrogen and oxygen atoms in total. The summed E-state index contributed by atoms with van der Waals surface area (Å²) in [6.07, 6.45) is 3.48. The van der Waals surface area contributed by atoms with Crippen LogP contribution in [0.3, 0.4) is 0 Å². The summed E-state index contributed by atoms with van der Waals surface area (Å²) in [5, 5.41) is 3.04. The van der Waals surface area contributed by atoms with Gasteiger partial charge in [0, 0.05) is 24.2 Å². The van der Waals surface area contributed by atoms with Crippen molar-refractivity contribution in [1.29, 1.82) is 0 Å². The van der Waals surface area contributed by atoms with Crippen LogP contribution in [-0.2, 0) is 11.3 Å². The van der Waals surface area contributed by atoms with Crippen LogP contribution in [-0.4, -0.2) is 29.4 Å². The third kappa shape index (κ3) is 4.29. The van der Waals surface area contributed by atoms with Crippen LogP contribution in [0.2, 0.25) is 0 Å². The Hall–Kier alpha value is -1.39. The Balaban J connectivity index is 2.00. The molecule has 1 aromatic carbocycles. The molecule has 1 aliphatic rings. The Kier molecular flexibility index (Phi) is 5.37. The first-order chi connectivity index (χ1) is 10.1. The molecule has 0 saturated heterocycles. The molecule has 0 unspecified atom stereocenters. The minimum Gasteiger partial charge on any atom is -0.326 e. The zero-order valence-corrected chi connectivity index (χ0v) is 13.2. The van der Waals surface area contributed by atoms with Gasteiger partial charge in [-0.2, -0.15) is 0 Å². The number of nitrogens with one attached hydrogen (secondary N) is 1. The van der Waals surface area contributed by atoms with Crippen molar-refractivity contribution in [2.75, 3.05) is 18.4 Å². The van der Waals surface area contributed by atoms with Crippen molar-refractivity contribution >= 4 is 11.6 Å². The van der Waals surface area contributed by atoms with E-state index < -0.39 is 0 Å². The molecular weight excluding hydrogens is 262 g/mol. The Morgan fingerprint density at radius 2 is 1.95 bits per heavy atom. The maximum absolute atomic E-state index is 12.2. The summed E-state index contributed by atoms with van der Waals surface area (Å²) in [7, 11) is 0. The standard InChI is InChI=1S/C17H27N3O/c1-3-20(4-2)13-14-8-5-6-9-15(14)19-16(21)12-17(18)10-7-11-17/h5-6,8-9H,3-4,7,10-13,18H2,1-2H3,(H,19,21). The highest BCUT2D eigenvalue weighted by atomic mass is 16.1. The van der Waals surface area contributed by atoms with Gasteiger partial charge in [-0.25, -0.2) is 0 Å². The van der Waals surface area contributed by atoms with Crippen LogP contribution in [0, 0.1) is 0 Å². The maximum atomic E-state index is 12.2. The molecule has 0 heterocycles. The van der Waals surface area contributed by atoms with Gasteiger partial charge >= 0.3 is 0 Å². The number of carbonyl (C=O) groups excluding carboxylic acids is 1. The average molecular weight is 289 g/mol. The van der Waals surface area contributed by atoms with Gasteiger partial charge in [-0.1, -0.05) is 32.0 Å². The second-order valence-corrected chi connectivity index (χ2v) is 6.06. The molecule has 1 amide bonds. The highest BCUT2D eigenvalue weighted by Crippen LogP contribution is 2.32. The van der Waals surface area contributed by atoms with Crippen LogP contribution in [0.5, 0.6) is 0 Å². The van der Waals surface area contributed by atoms with Crippen molar-refractivity contribution in [3.05, 3.63) is 29.8 Å². The largest absolute Gasteiger partial charge is 0.326 e. The van der Waals surface area contributed by atoms with E-state index in [0.717, 1.165) is 50.1 Å². The lowest BCUT2D eigenvalue weighted by atomic mass is 9.75. The van der Waals surface area contributed by atoms with E-state index >= 15 is 0 Å². The minimum atomic E-state index is -0.266. The monoisotopic (exact) mass is 289 g/mol. The normalized spacial score (nSPS) is 16.6. The van der Waals surface area contributed by atoms with E-state index in [9.17, 15) is 4.79 Å². The second kappa shape index (κ2) is 7.05. The molecule has 1 fully saturated rings. The molecule has 0 aromatic heterocycles. The third-order valence-electron chi connectivity index (χ3n) is 4.44. The van der Waals surface area contributed by atoms with E-state index in [0.29, 0.717) is 6.42 Å². The van der Waals surface area contributed by atoms with Gasteiger partial charge in [0.1, 0.15) is 0 Å². The van der Waals surface area contributed by atoms with Gasteiger partial charge in [0.2, 0.25) is 5.91 Å². The molecule has 0 aliphatic heterocycles. The molecule has 21 heavy (non-hydrogen) atoms. The number of para-hydroxylation sites is 1. The van der Waals surface area contributed by atoms with E-state index in [1.165, 1.54) is 0 Å². The molecule has 1 aliphatic carbocycles. The summed E-state index contributed by atoms with van der Waals surface area (Å²) in [5.41, 5.74) is 7.96. The highest BCUT2D eigenvalue weighted by molar-refractivity contribution is 5.92. The van der Waals surface area contributed by atoms with Gasteiger partial charge in [-0.3, -0.25) is 9.69 Å². The Morgan fingerprint density at radius 3 is 2.52 bits per heavy atom. The van der Waals surface area contributed by atoms with E-state index in [1.54, 1.807) is 0 Å². The average Bonchev–Trinajstić information content (AvgIpc) is 2.44. The zero-order chi connectivity index (χ0) is 15.3. The molecule has 4 heteroatoms. The molecule has 116 valence electrons. The van der Waals surface area contributed by atoms with Gasteiger partial charge in [-0.15, -0.1) is 0 Å². The first-order valence-corrected chi connectivity index (χ1v) is 7.95. The fraction of sp³-hybridized carbons (Fsp3) is 0.588. The van der Waals surface area contributed by atoms with Gasteiger partial charge in [-0.05, 0) is 44.0 Å².